The van der Waals surface area contributed by atoms with Gasteiger partial charge in [0.2, 0.25) is 5.91 Å². The van der Waals surface area contributed by atoms with Gasteiger partial charge in [0.25, 0.3) is 15.9 Å². The van der Waals surface area contributed by atoms with Crippen molar-refractivity contribution < 1.29 is 18.0 Å². The monoisotopic (exact) mass is 484 g/mol. The summed E-state index contributed by atoms with van der Waals surface area (Å²) in [4.78, 5) is 27.3. The van der Waals surface area contributed by atoms with Crippen LogP contribution in [0.1, 0.15) is 15.9 Å². The second-order valence-electron chi connectivity index (χ2n) is 6.75. The van der Waals surface area contributed by atoms with Crippen molar-refractivity contribution in [2.45, 2.75) is 11.4 Å². The van der Waals surface area contributed by atoms with Crippen LogP contribution in [-0.4, -0.2) is 31.1 Å². The van der Waals surface area contributed by atoms with Crippen LogP contribution in [0, 0.1) is 0 Å². The van der Waals surface area contributed by atoms with Gasteiger partial charge in [-0.1, -0.05) is 58.4 Å². The molecule has 152 valence electrons. The van der Waals surface area contributed by atoms with Crippen molar-refractivity contribution >= 4 is 43.5 Å². The highest BCUT2D eigenvalue weighted by atomic mass is 79.9. The minimum Gasteiger partial charge on any atom is -0.306 e. The van der Waals surface area contributed by atoms with Crippen molar-refractivity contribution in [2.24, 2.45) is 0 Å². The molecule has 0 radical (unpaired) electrons. The summed E-state index contributed by atoms with van der Waals surface area (Å²) in [7, 11) is -4.06. The van der Waals surface area contributed by atoms with E-state index in [1.807, 2.05) is 30.3 Å². The minimum atomic E-state index is -4.06. The number of nitrogens with zero attached hydrogens (tertiary/aromatic N) is 2. The van der Waals surface area contributed by atoms with Crippen LogP contribution >= 0.6 is 15.9 Å². The third kappa shape index (κ3) is 3.76. The number of carbonyl (C=O) groups excluding carboxylic acids is 2. The average Bonchev–Trinajstić information content (AvgIpc) is 2.94. The van der Waals surface area contributed by atoms with Gasteiger partial charge in [0.1, 0.15) is 11.4 Å². The summed E-state index contributed by atoms with van der Waals surface area (Å²) < 4.78 is 27.1. The average molecular weight is 485 g/mol. The largest absolute Gasteiger partial charge is 0.306 e. The molecule has 0 saturated heterocycles. The van der Waals surface area contributed by atoms with Gasteiger partial charge in [0.05, 0.1) is 12.1 Å². The van der Waals surface area contributed by atoms with Crippen molar-refractivity contribution in [3.8, 4) is 0 Å². The standard InChI is InChI=1S/C22H17BrN2O4S/c23-17-10-12-18(13-11-17)24(14-16-6-2-1-3-7-16)21(26)15-25-22(27)19-8-4-5-9-20(19)30(25,28)29/h1-13H,14-15H2. The SMILES string of the molecule is O=C(CN1C(=O)c2ccccc2S1(=O)=O)N(Cc1ccccc1)c1ccc(Br)cc1. The number of anilines is 1. The molecule has 0 N–H and O–H groups in total. The Labute approximate surface area is 182 Å². The number of fused-ring (bicyclic) bond motifs is 1. The maximum atomic E-state index is 13.2. The molecular formula is C22H17BrN2O4S. The van der Waals surface area contributed by atoms with E-state index in [0.717, 1.165) is 10.0 Å². The number of sulfonamides is 1. The molecule has 0 saturated carbocycles. The predicted molar refractivity (Wildman–Crippen MR) is 116 cm³/mol. The van der Waals surface area contributed by atoms with Gasteiger partial charge in [-0.25, -0.2) is 12.7 Å². The van der Waals surface area contributed by atoms with Gasteiger partial charge in [-0.3, -0.25) is 9.59 Å². The zero-order valence-electron chi connectivity index (χ0n) is 15.7. The highest BCUT2D eigenvalue weighted by molar-refractivity contribution is 9.10. The van der Waals surface area contributed by atoms with Gasteiger partial charge in [-0.15, -0.1) is 0 Å². The number of hydrogen-bond donors (Lipinski definition) is 0. The van der Waals surface area contributed by atoms with E-state index >= 15 is 0 Å². The van der Waals surface area contributed by atoms with Gasteiger partial charge < -0.3 is 4.90 Å². The third-order valence-corrected chi connectivity index (χ3v) is 7.13. The predicted octanol–water partition coefficient (Wildman–Crippen LogP) is 3.83. The van der Waals surface area contributed by atoms with E-state index in [9.17, 15) is 18.0 Å². The van der Waals surface area contributed by atoms with Crippen molar-refractivity contribution in [2.75, 3.05) is 11.4 Å². The van der Waals surface area contributed by atoms with E-state index in [2.05, 4.69) is 15.9 Å². The number of hydrogen-bond acceptors (Lipinski definition) is 4. The highest BCUT2D eigenvalue weighted by Crippen LogP contribution is 2.30. The molecule has 0 bridgehead atoms. The van der Waals surface area contributed by atoms with Gasteiger partial charge >= 0.3 is 0 Å². The van der Waals surface area contributed by atoms with Crippen LogP contribution in [0.4, 0.5) is 5.69 Å². The fraction of sp³-hybridized carbons (Fsp3) is 0.0909. The molecule has 0 spiro atoms. The molecule has 2 amide bonds. The molecule has 1 aliphatic heterocycles. The highest BCUT2D eigenvalue weighted by Gasteiger charge is 2.42. The van der Waals surface area contributed by atoms with Crippen molar-refractivity contribution in [1.82, 2.24) is 4.31 Å². The maximum Gasteiger partial charge on any atom is 0.269 e. The molecule has 3 aromatic rings. The molecule has 8 heteroatoms. The zero-order valence-corrected chi connectivity index (χ0v) is 18.1. The van der Waals surface area contributed by atoms with Gasteiger partial charge in [0, 0.05) is 10.2 Å². The molecule has 1 heterocycles. The first-order chi connectivity index (χ1) is 14.4. The Bertz CT molecular complexity index is 1210. The Balaban J connectivity index is 1.65. The molecule has 4 rings (SSSR count). The van der Waals surface area contributed by atoms with E-state index in [4.69, 9.17) is 0 Å². The lowest BCUT2D eigenvalue weighted by Gasteiger charge is -2.25. The number of amides is 2. The summed E-state index contributed by atoms with van der Waals surface area (Å²) in [5.74, 6) is -1.18. The van der Waals surface area contributed by atoms with Crippen LogP contribution in [0.3, 0.4) is 0 Å². The van der Waals surface area contributed by atoms with Gasteiger partial charge in [-0.2, -0.15) is 0 Å². The Kier molecular flexibility index (Phi) is 5.44. The van der Waals surface area contributed by atoms with Crippen LogP contribution in [0.2, 0.25) is 0 Å². The van der Waals surface area contributed by atoms with E-state index in [1.54, 1.807) is 36.4 Å². The van der Waals surface area contributed by atoms with E-state index in [0.29, 0.717) is 9.99 Å². The van der Waals surface area contributed by atoms with E-state index < -0.39 is 28.4 Å². The number of rotatable bonds is 5. The topological polar surface area (TPSA) is 74.8 Å². The molecule has 0 unspecified atom stereocenters. The van der Waals surface area contributed by atoms with Crippen molar-refractivity contribution in [3.63, 3.8) is 0 Å². The van der Waals surface area contributed by atoms with Gasteiger partial charge in [-0.05, 0) is 42.0 Å². The number of benzene rings is 3. The van der Waals surface area contributed by atoms with Gasteiger partial charge in [0.15, 0.2) is 0 Å². The number of halogens is 1. The molecular weight excluding hydrogens is 468 g/mol. The smallest absolute Gasteiger partial charge is 0.269 e. The quantitative estimate of drug-likeness (QED) is 0.551. The van der Waals surface area contributed by atoms with E-state index in [-0.39, 0.29) is 17.0 Å². The Hall–Kier alpha value is -2.97. The number of carbonyl (C=O) groups is 2. The first kappa shape index (κ1) is 20.3. The van der Waals surface area contributed by atoms with Crippen LogP contribution in [0.25, 0.3) is 0 Å². The lowest BCUT2D eigenvalue weighted by Crippen LogP contribution is -2.42. The molecule has 0 aromatic heterocycles. The summed E-state index contributed by atoms with van der Waals surface area (Å²) in [6.45, 7) is -0.324. The maximum absolute atomic E-state index is 13.2. The molecule has 3 aromatic carbocycles. The summed E-state index contributed by atoms with van der Waals surface area (Å²) >= 11 is 3.37. The summed E-state index contributed by atoms with van der Waals surface area (Å²) in [6, 6.07) is 22.5. The van der Waals surface area contributed by atoms with Crippen LogP contribution in [0.15, 0.2) is 88.2 Å². The summed E-state index contributed by atoms with van der Waals surface area (Å²) in [5, 5.41) is 0. The van der Waals surface area contributed by atoms with Crippen LogP contribution in [-0.2, 0) is 21.4 Å². The normalized spacial score (nSPS) is 14.4. The first-order valence-electron chi connectivity index (χ1n) is 9.14. The molecule has 1 aliphatic rings. The third-order valence-electron chi connectivity index (χ3n) is 4.81. The summed E-state index contributed by atoms with van der Waals surface area (Å²) in [5.41, 5.74) is 1.57. The fourth-order valence-corrected chi connectivity index (χ4v) is 5.09. The minimum absolute atomic E-state index is 0.0685. The summed E-state index contributed by atoms with van der Waals surface area (Å²) in [6.07, 6.45) is 0. The molecule has 6 nitrogen and oxygen atoms in total. The molecule has 0 atom stereocenters. The Morgan fingerprint density at radius 1 is 0.900 bits per heavy atom. The second-order valence-corrected chi connectivity index (χ2v) is 9.50. The van der Waals surface area contributed by atoms with Crippen LogP contribution < -0.4 is 4.90 Å². The Morgan fingerprint density at radius 2 is 1.53 bits per heavy atom. The second kappa shape index (κ2) is 8.04. The zero-order chi connectivity index (χ0) is 21.3. The van der Waals surface area contributed by atoms with Crippen LogP contribution in [0.5, 0.6) is 0 Å². The fourth-order valence-electron chi connectivity index (χ4n) is 3.31. The molecule has 0 fully saturated rings. The van der Waals surface area contributed by atoms with Crippen molar-refractivity contribution in [3.05, 3.63) is 94.5 Å². The molecule has 30 heavy (non-hydrogen) atoms. The lowest BCUT2D eigenvalue weighted by atomic mass is 10.2. The first-order valence-corrected chi connectivity index (χ1v) is 11.4. The Morgan fingerprint density at radius 3 is 2.20 bits per heavy atom. The van der Waals surface area contributed by atoms with E-state index in [1.165, 1.54) is 17.0 Å². The lowest BCUT2D eigenvalue weighted by molar-refractivity contribution is -0.118. The molecule has 0 aliphatic carbocycles. The van der Waals surface area contributed by atoms with Crippen molar-refractivity contribution in [1.29, 1.82) is 0 Å².